The van der Waals surface area contributed by atoms with Crippen LogP contribution in [-0.4, -0.2) is 47.2 Å². The second-order valence-corrected chi connectivity index (χ2v) is 8.72. The highest BCUT2D eigenvalue weighted by molar-refractivity contribution is 7.19. The third-order valence-corrected chi connectivity index (χ3v) is 6.43. The van der Waals surface area contributed by atoms with E-state index in [9.17, 15) is 10.2 Å². The van der Waals surface area contributed by atoms with Crippen LogP contribution in [-0.2, 0) is 0 Å². The Labute approximate surface area is 203 Å². The second kappa shape index (κ2) is 11.6. The molecule has 0 saturated carbocycles. The van der Waals surface area contributed by atoms with Crippen molar-refractivity contribution < 1.29 is 10.2 Å². The monoisotopic (exact) mass is 472 g/mol. The van der Waals surface area contributed by atoms with E-state index < -0.39 is 0 Å². The first-order chi connectivity index (χ1) is 16.7. The molecule has 0 saturated heterocycles. The van der Waals surface area contributed by atoms with Crippen molar-refractivity contribution in [2.24, 2.45) is 5.10 Å². The Morgan fingerprint density at radius 2 is 1.44 bits per heavy atom. The quantitative estimate of drug-likeness (QED) is 0.221. The minimum Gasteiger partial charge on any atom is -0.395 e. The number of nitrogens with zero attached hydrogens (tertiary/aromatic N) is 3. The van der Waals surface area contributed by atoms with Crippen molar-refractivity contribution in [2.45, 2.75) is 6.92 Å². The van der Waals surface area contributed by atoms with Gasteiger partial charge in [0.1, 0.15) is 0 Å². The normalized spacial score (nSPS) is 11.4. The van der Waals surface area contributed by atoms with Gasteiger partial charge in [0.2, 0.25) is 5.13 Å². The summed E-state index contributed by atoms with van der Waals surface area (Å²) in [6.45, 7) is 2.98. The van der Waals surface area contributed by atoms with Crippen LogP contribution < -0.4 is 10.3 Å². The maximum absolute atomic E-state index is 9.26. The Morgan fingerprint density at radius 1 is 0.853 bits per heavy atom. The number of nitrogens with one attached hydrogen (secondary N) is 1. The molecule has 0 aliphatic carbocycles. The van der Waals surface area contributed by atoms with Gasteiger partial charge in [0.15, 0.2) is 0 Å². The molecule has 7 heteroatoms. The Kier molecular flexibility index (Phi) is 8.04. The van der Waals surface area contributed by atoms with E-state index in [1.807, 2.05) is 72.5 Å². The number of anilines is 2. The number of rotatable bonds is 10. The molecule has 0 amide bonds. The molecule has 34 heavy (non-hydrogen) atoms. The number of hydrazone groups is 1. The summed E-state index contributed by atoms with van der Waals surface area (Å²) in [6, 6.07) is 28.4. The van der Waals surface area contributed by atoms with Crippen LogP contribution in [0, 0.1) is 0 Å². The Bertz CT molecular complexity index is 1150. The number of hydrogen-bond acceptors (Lipinski definition) is 7. The summed E-state index contributed by atoms with van der Waals surface area (Å²) in [5.41, 5.74) is 9.03. The predicted octanol–water partition coefficient (Wildman–Crippen LogP) is 5.10. The van der Waals surface area contributed by atoms with E-state index in [0.29, 0.717) is 13.1 Å². The summed E-state index contributed by atoms with van der Waals surface area (Å²) < 4.78 is 0. The van der Waals surface area contributed by atoms with Crippen LogP contribution in [0.4, 0.5) is 10.8 Å². The van der Waals surface area contributed by atoms with E-state index in [1.54, 1.807) is 11.3 Å². The number of aromatic nitrogens is 1. The van der Waals surface area contributed by atoms with Crippen molar-refractivity contribution in [1.29, 1.82) is 0 Å². The molecule has 6 nitrogen and oxygen atoms in total. The van der Waals surface area contributed by atoms with Crippen LogP contribution >= 0.6 is 11.3 Å². The lowest BCUT2D eigenvalue weighted by molar-refractivity contribution is 0.281. The standard InChI is InChI=1S/C27H28N4O2S/c1-20(21-12-14-24(15-13-21)31(16-18-32)17-19-33)29-30-27-28-25(22-8-4-2-5-9-22)26(34-27)23-10-6-3-7-11-23/h2-15,32-33H,16-19H2,1H3,(H,28,30)/b29-20-. The molecule has 4 rings (SSSR count). The van der Waals surface area contributed by atoms with Gasteiger partial charge in [-0.2, -0.15) is 5.10 Å². The summed E-state index contributed by atoms with van der Waals surface area (Å²) in [5, 5.41) is 23.8. The average Bonchev–Trinajstić information content (AvgIpc) is 3.33. The molecular weight excluding hydrogens is 444 g/mol. The highest BCUT2D eigenvalue weighted by atomic mass is 32.1. The molecule has 0 spiro atoms. The third-order valence-electron chi connectivity index (χ3n) is 5.42. The molecule has 0 atom stereocenters. The molecule has 174 valence electrons. The zero-order chi connectivity index (χ0) is 23.8. The fourth-order valence-electron chi connectivity index (χ4n) is 3.67. The van der Waals surface area contributed by atoms with Gasteiger partial charge in [0.25, 0.3) is 0 Å². The molecule has 0 aliphatic rings. The number of hydrogen-bond donors (Lipinski definition) is 3. The van der Waals surface area contributed by atoms with Crippen LogP contribution in [0.25, 0.3) is 21.7 Å². The van der Waals surface area contributed by atoms with Crippen molar-refractivity contribution >= 4 is 27.9 Å². The zero-order valence-electron chi connectivity index (χ0n) is 19.1. The lowest BCUT2D eigenvalue weighted by atomic mass is 10.1. The first kappa shape index (κ1) is 23.6. The van der Waals surface area contributed by atoms with Crippen molar-refractivity contribution in [3.63, 3.8) is 0 Å². The Balaban J connectivity index is 1.56. The Hall–Kier alpha value is -3.52. The van der Waals surface area contributed by atoms with Crippen LogP contribution in [0.15, 0.2) is 90.0 Å². The van der Waals surface area contributed by atoms with Gasteiger partial charge in [-0.1, -0.05) is 84.1 Å². The van der Waals surface area contributed by atoms with E-state index in [0.717, 1.165) is 43.8 Å². The fourth-order valence-corrected chi connectivity index (χ4v) is 4.60. The van der Waals surface area contributed by atoms with Gasteiger partial charge in [0, 0.05) is 24.3 Å². The smallest absolute Gasteiger partial charge is 0.204 e. The lowest BCUT2D eigenvalue weighted by Gasteiger charge is -2.23. The topological polar surface area (TPSA) is 81.0 Å². The van der Waals surface area contributed by atoms with E-state index >= 15 is 0 Å². The van der Waals surface area contributed by atoms with Crippen molar-refractivity contribution in [3.05, 3.63) is 90.5 Å². The second-order valence-electron chi connectivity index (χ2n) is 7.72. The molecule has 0 unspecified atom stereocenters. The number of aliphatic hydroxyl groups is 2. The van der Waals surface area contributed by atoms with E-state index in [-0.39, 0.29) is 13.2 Å². The van der Waals surface area contributed by atoms with Crippen molar-refractivity contribution in [1.82, 2.24) is 4.98 Å². The van der Waals surface area contributed by atoms with Gasteiger partial charge >= 0.3 is 0 Å². The molecule has 3 aromatic carbocycles. The van der Waals surface area contributed by atoms with E-state index in [1.165, 1.54) is 0 Å². The number of benzene rings is 3. The molecule has 1 aromatic heterocycles. The Morgan fingerprint density at radius 3 is 2.03 bits per heavy atom. The van der Waals surface area contributed by atoms with Crippen LogP contribution in [0.3, 0.4) is 0 Å². The summed E-state index contributed by atoms with van der Waals surface area (Å²) >= 11 is 1.58. The zero-order valence-corrected chi connectivity index (χ0v) is 19.9. The third kappa shape index (κ3) is 5.69. The van der Waals surface area contributed by atoms with Gasteiger partial charge in [-0.3, -0.25) is 5.43 Å². The van der Waals surface area contributed by atoms with Gasteiger partial charge in [-0.25, -0.2) is 4.98 Å². The van der Waals surface area contributed by atoms with Gasteiger partial charge in [-0.15, -0.1) is 0 Å². The minimum atomic E-state index is 0.0376. The molecular formula is C27H28N4O2S. The van der Waals surface area contributed by atoms with Crippen LogP contribution in [0.2, 0.25) is 0 Å². The van der Waals surface area contributed by atoms with Crippen molar-refractivity contribution in [2.75, 3.05) is 36.6 Å². The average molecular weight is 473 g/mol. The molecule has 0 radical (unpaired) electrons. The van der Waals surface area contributed by atoms with E-state index in [4.69, 9.17) is 4.98 Å². The maximum atomic E-state index is 9.26. The van der Waals surface area contributed by atoms with Gasteiger partial charge in [0.05, 0.1) is 29.5 Å². The first-order valence-corrected chi connectivity index (χ1v) is 12.0. The largest absolute Gasteiger partial charge is 0.395 e. The highest BCUT2D eigenvalue weighted by Gasteiger charge is 2.15. The lowest BCUT2D eigenvalue weighted by Crippen LogP contribution is -2.29. The molecule has 0 aliphatic heterocycles. The molecule has 3 N–H and O–H groups in total. The summed E-state index contributed by atoms with van der Waals surface area (Å²) in [6.07, 6.45) is 0. The first-order valence-electron chi connectivity index (χ1n) is 11.2. The van der Waals surface area contributed by atoms with Crippen LogP contribution in [0.1, 0.15) is 12.5 Å². The van der Waals surface area contributed by atoms with Gasteiger partial charge in [-0.05, 0) is 30.2 Å². The molecule has 1 heterocycles. The number of aliphatic hydroxyl groups excluding tert-OH is 2. The predicted molar refractivity (Wildman–Crippen MR) is 142 cm³/mol. The molecule has 0 fully saturated rings. The van der Waals surface area contributed by atoms with Gasteiger partial charge < -0.3 is 15.1 Å². The van der Waals surface area contributed by atoms with Crippen LogP contribution in [0.5, 0.6) is 0 Å². The summed E-state index contributed by atoms with van der Waals surface area (Å²) in [5.74, 6) is 0. The molecule has 4 aromatic rings. The SMILES string of the molecule is C/C(=N/Nc1nc(-c2ccccc2)c(-c2ccccc2)s1)c1ccc(N(CCO)CCO)cc1. The summed E-state index contributed by atoms with van der Waals surface area (Å²) in [4.78, 5) is 7.89. The van der Waals surface area contributed by atoms with E-state index in [2.05, 4.69) is 34.8 Å². The summed E-state index contributed by atoms with van der Waals surface area (Å²) in [7, 11) is 0. The maximum Gasteiger partial charge on any atom is 0.204 e. The fraction of sp³-hybridized carbons (Fsp3) is 0.185. The highest BCUT2D eigenvalue weighted by Crippen LogP contribution is 2.38. The number of thiazole rings is 1. The minimum absolute atomic E-state index is 0.0376. The van der Waals surface area contributed by atoms with Crippen molar-refractivity contribution in [3.8, 4) is 21.7 Å². The molecule has 0 bridgehead atoms.